The maximum atomic E-state index is 13.1. The minimum atomic E-state index is -0.442. The standard InChI is InChI=1S/C21H22FN3O3/c1-27-20(16-7-3-2-4-8-16)21-25-24-19(28-21)11-10-18(26)23-13-12-15-6-5-9-17(22)14-15/h2-9,14,20H,10-13H2,1H3,(H,23,26). The van der Waals surface area contributed by atoms with Gasteiger partial charge >= 0.3 is 0 Å². The van der Waals surface area contributed by atoms with Crippen LogP contribution in [-0.4, -0.2) is 29.8 Å². The molecule has 0 saturated carbocycles. The number of carbonyl (C=O) groups is 1. The van der Waals surface area contributed by atoms with Gasteiger partial charge in [0.05, 0.1) is 0 Å². The van der Waals surface area contributed by atoms with Gasteiger partial charge in [-0.1, -0.05) is 42.5 Å². The van der Waals surface area contributed by atoms with Gasteiger partial charge in [-0.3, -0.25) is 4.79 Å². The summed E-state index contributed by atoms with van der Waals surface area (Å²) < 4.78 is 24.3. The first-order chi connectivity index (χ1) is 13.7. The molecule has 1 aromatic heterocycles. The van der Waals surface area contributed by atoms with E-state index in [1.54, 1.807) is 13.2 Å². The smallest absolute Gasteiger partial charge is 0.249 e. The van der Waals surface area contributed by atoms with Crippen molar-refractivity contribution in [2.75, 3.05) is 13.7 Å². The molecule has 3 aromatic rings. The molecule has 0 bridgehead atoms. The molecule has 1 unspecified atom stereocenters. The van der Waals surface area contributed by atoms with E-state index in [9.17, 15) is 9.18 Å². The number of aromatic nitrogens is 2. The Bertz CT molecular complexity index is 899. The molecule has 0 spiro atoms. The van der Waals surface area contributed by atoms with Crippen molar-refractivity contribution < 1.29 is 18.3 Å². The lowest BCUT2D eigenvalue weighted by Crippen LogP contribution is -2.25. The van der Waals surface area contributed by atoms with Crippen molar-refractivity contribution in [3.05, 3.63) is 83.3 Å². The highest BCUT2D eigenvalue weighted by Gasteiger charge is 2.20. The number of amides is 1. The molecule has 0 aliphatic rings. The van der Waals surface area contributed by atoms with Crippen molar-refractivity contribution in [2.24, 2.45) is 0 Å². The molecule has 7 heteroatoms. The van der Waals surface area contributed by atoms with Crippen LogP contribution in [0.3, 0.4) is 0 Å². The average Bonchev–Trinajstić information content (AvgIpc) is 3.17. The van der Waals surface area contributed by atoms with Gasteiger partial charge in [0.25, 0.3) is 0 Å². The maximum absolute atomic E-state index is 13.1. The SMILES string of the molecule is COC(c1ccccc1)c1nnc(CCC(=O)NCCc2cccc(F)c2)o1. The number of carbonyl (C=O) groups excluding carboxylic acids is 1. The van der Waals surface area contributed by atoms with Crippen LogP contribution < -0.4 is 5.32 Å². The zero-order valence-corrected chi connectivity index (χ0v) is 15.6. The largest absolute Gasteiger partial charge is 0.422 e. The van der Waals surface area contributed by atoms with Gasteiger partial charge in [0.1, 0.15) is 5.82 Å². The van der Waals surface area contributed by atoms with E-state index in [4.69, 9.17) is 9.15 Å². The molecule has 1 atom stereocenters. The Morgan fingerprint density at radius 1 is 1.14 bits per heavy atom. The van der Waals surface area contributed by atoms with Crippen molar-refractivity contribution in [3.8, 4) is 0 Å². The Hall–Kier alpha value is -3.06. The third kappa shape index (κ3) is 5.47. The third-order valence-electron chi connectivity index (χ3n) is 4.24. The first-order valence-electron chi connectivity index (χ1n) is 9.07. The normalized spacial score (nSPS) is 11.9. The van der Waals surface area contributed by atoms with E-state index in [-0.39, 0.29) is 18.1 Å². The number of benzene rings is 2. The second-order valence-corrected chi connectivity index (χ2v) is 6.29. The van der Waals surface area contributed by atoms with Crippen molar-refractivity contribution in [1.82, 2.24) is 15.5 Å². The molecule has 2 aromatic carbocycles. The van der Waals surface area contributed by atoms with Gasteiger partial charge in [-0.2, -0.15) is 0 Å². The summed E-state index contributed by atoms with van der Waals surface area (Å²) in [7, 11) is 1.58. The highest BCUT2D eigenvalue weighted by atomic mass is 19.1. The molecule has 6 nitrogen and oxygen atoms in total. The van der Waals surface area contributed by atoms with Crippen LogP contribution in [0.4, 0.5) is 4.39 Å². The summed E-state index contributed by atoms with van der Waals surface area (Å²) >= 11 is 0. The molecule has 1 amide bonds. The molecule has 0 aliphatic carbocycles. The van der Waals surface area contributed by atoms with Gasteiger partial charge in [0, 0.05) is 26.5 Å². The lowest BCUT2D eigenvalue weighted by molar-refractivity contribution is -0.121. The zero-order chi connectivity index (χ0) is 19.8. The highest BCUT2D eigenvalue weighted by molar-refractivity contribution is 5.76. The second kappa shape index (κ2) is 9.75. The number of ether oxygens (including phenoxy) is 1. The molecule has 1 N–H and O–H groups in total. The van der Waals surface area contributed by atoms with Crippen LogP contribution in [0.1, 0.15) is 35.4 Å². The molecule has 0 aliphatic heterocycles. The summed E-state index contributed by atoms with van der Waals surface area (Å²) in [5.74, 6) is 0.340. The predicted molar refractivity (Wildman–Crippen MR) is 101 cm³/mol. The van der Waals surface area contributed by atoms with Crippen molar-refractivity contribution in [1.29, 1.82) is 0 Å². The lowest BCUT2D eigenvalue weighted by atomic mass is 10.1. The highest BCUT2D eigenvalue weighted by Crippen LogP contribution is 2.24. The number of hydrogen-bond acceptors (Lipinski definition) is 5. The number of aryl methyl sites for hydroxylation is 1. The van der Waals surface area contributed by atoms with E-state index >= 15 is 0 Å². The van der Waals surface area contributed by atoms with Crippen LogP contribution in [0, 0.1) is 5.82 Å². The summed E-state index contributed by atoms with van der Waals surface area (Å²) in [5, 5.41) is 10.9. The lowest BCUT2D eigenvalue weighted by Gasteiger charge is -2.10. The Morgan fingerprint density at radius 3 is 2.71 bits per heavy atom. The topological polar surface area (TPSA) is 77.2 Å². The first kappa shape index (κ1) is 19.7. The number of hydrogen-bond donors (Lipinski definition) is 1. The summed E-state index contributed by atoms with van der Waals surface area (Å²) in [5.41, 5.74) is 1.75. The van der Waals surface area contributed by atoms with Gasteiger partial charge < -0.3 is 14.5 Å². The zero-order valence-electron chi connectivity index (χ0n) is 15.6. The Morgan fingerprint density at radius 2 is 1.96 bits per heavy atom. The Labute approximate surface area is 162 Å². The van der Waals surface area contributed by atoms with Crippen LogP contribution >= 0.6 is 0 Å². The summed E-state index contributed by atoms with van der Waals surface area (Å²) in [4.78, 5) is 12.0. The van der Waals surface area contributed by atoms with E-state index in [1.165, 1.54) is 12.1 Å². The number of nitrogens with zero attached hydrogens (tertiary/aromatic N) is 2. The van der Waals surface area contributed by atoms with Crippen LogP contribution in [-0.2, 0) is 22.4 Å². The average molecular weight is 383 g/mol. The summed E-state index contributed by atoms with van der Waals surface area (Å²) in [6.45, 7) is 0.442. The molecule has 0 saturated heterocycles. The minimum Gasteiger partial charge on any atom is -0.422 e. The molecular formula is C21H22FN3O3. The molecular weight excluding hydrogens is 361 g/mol. The number of methoxy groups -OCH3 is 1. The number of rotatable bonds is 9. The summed E-state index contributed by atoms with van der Waals surface area (Å²) in [6, 6.07) is 15.9. The van der Waals surface area contributed by atoms with Crippen LogP contribution in [0.15, 0.2) is 59.0 Å². The van der Waals surface area contributed by atoms with E-state index in [0.717, 1.165) is 11.1 Å². The fourth-order valence-corrected chi connectivity index (χ4v) is 2.83. The molecule has 0 radical (unpaired) electrons. The van der Waals surface area contributed by atoms with Crippen molar-refractivity contribution in [2.45, 2.75) is 25.4 Å². The third-order valence-corrected chi connectivity index (χ3v) is 4.24. The Kier molecular flexibility index (Phi) is 6.86. The quantitative estimate of drug-likeness (QED) is 0.614. The molecule has 146 valence electrons. The fraction of sp³-hybridized carbons (Fsp3) is 0.286. The van der Waals surface area contributed by atoms with Gasteiger partial charge in [0.2, 0.25) is 17.7 Å². The number of nitrogens with one attached hydrogen (secondary N) is 1. The van der Waals surface area contributed by atoms with Crippen LogP contribution in [0.2, 0.25) is 0 Å². The monoisotopic (exact) mass is 383 g/mol. The molecule has 0 fully saturated rings. The minimum absolute atomic E-state index is 0.123. The first-order valence-corrected chi connectivity index (χ1v) is 9.07. The Balaban J connectivity index is 1.46. The molecule has 28 heavy (non-hydrogen) atoms. The van der Waals surface area contributed by atoms with E-state index in [0.29, 0.717) is 31.2 Å². The van der Waals surface area contributed by atoms with Gasteiger partial charge in [-0.05, 0) is 29.7 Å². The van der Waals surface area contributed by atoms with Gasteiger partial charge in [0.15, 0.2) is 6.10 Å². The van der Waals surface area contributed by atoms with E-state index < -0.39 is 6.10 Å². The second-order valence-electron chi connectivity index (χ2n) is 6.29. The summed E-state index contributed by atoms with van der Waals surface area (Å²) in [6.07, 6.45) is 0.695. The van der Waals surface area contributed by atoms with Gasteiger partial charge in [-0.25, -0.2) is 4.39 Å². The van der Waals surface area contributed by atoms with E-state index in [1.807, 2.05) is 36.4 Å². The molecule has 1 heterocycles. The van der Waals surface area contributed by atoms with Crippen LogP contribution in [0.5, 0.6) is 0 Å². The number of halogens is 1. The van der Waals surface area contributed by atoms with E-state index in [2.05, 4.69) is 15.5 Å². The predicted octanol–water partition coefficient (Wildman–Crippen LogP) is 3.24. The molecule has 3 rings (SSSR count). The van der Waals surface area contributed by atoms with Crippen molar-refractivity contribution >= 4 is 5.91 Å². The fourth-order valence-electron chi connectivity index (χ4n) is 2.83. The maximum Gasteiger partial charge on any atom is 0.249 e. The van der Waals surface area contributed by atoms with Crippen LogP contribution in [0.25, 0.3) is 0 Å². The van der Waals surface area contributed by atoms with Crippen molar-refractivity contribution in [3.63, 3.8) is 0 Å². The van der Waals surface area contributed by atoms with Gasteiger partial charge in [-0.15, -0.1) is 10.2 Å².